The fraction of sp³-hybridized carbons (Fsp3) is 0. The molecule has 0 unspecified atom stereocenters. The number of anilines is 1. The summed E-state index contributed by atoms with van der Waals surface area (Å²) in [4.78, 5) is 26.3. The summed E-state index contributed by atoms with van der Waals surface area (Å²) in [5.74, 6) is -1.26. The van der Waals surface area contributed by atoms with Gasteiger partial charge in [0.05, 0.1) is 17.0 Å². The lowest BCUT2D eigenvalue weighted by molar-refractivity contribution is -0.122. The van der Waals surface area contributed by atoms with E-state index in [0.717, 1.165) is 10.5 Å². The largest absolute Gasteiger partial charge is 0.397 e. The molecule has 0 radical (unpaired) electrons. The van der Waals surface area contributed by atoms with Gasteiger partial charge in [0.1, 0.15) is 11.6 Å². The Labute approximate surface area is 138 Å². The van der Waals surface area contributed by atoms with Crippen molar-refractivity contribution in [2.45, 2.75) is 0 Å². The summed E-state index contributed by atoms with van der Waals surface area (Å²) in [6.45, 7) is 0. The van der Waals surface area contributed by atoms with Gasteiger partial charge >= 0.3 is 0 Å². The first-order valence-electron chi connectivity index (χ1n) is 7.24. The minimum atomic E-state index is -0.712. The summed E-state index contributed by atoms with van der Waals surface area (Å²) >= 11 is 0. The fourth-order valence-electron chi connectivity index (χ4n) is 2.46. The maximum absolute atomic E-state index is 12.8. The van der Waals surface area contributed by atoms with Crippen LogP contribution >= 0.6 is 0 Å². The van der Waals surface area contributed by atoms with Gasteiger partial charge in [0.15, 0.2) is 0 Å². The molecule has 2 aromatic rings. The lowest BCUT2D eigenvalue weighted by Gasteiger charge is -2.27. The van der Waals surface area contributed by atoms with Crippen molar-refractivity contribution < 1.29 is 9.59 Å². The third kappa shape index (κ3) is 2.57. The predicted octanol–water partition coefficient (Wildman–Crippen LogP) is 2.38. The van der Waals surface area contributed by atoms with E-state index in [1.165, 1.54) is 0 Å². The van der Waals surface area contributed by atoms with Crippen LogP contribution in [0.25, 0.3) is 6.08 Å². The van der Waals surface area contributed by atoms with Crippen LogP contribution in [-0.4, -0.2) is 11.8 Å². The highest BCUT2D eigenvalue weighted by molar-refractivity contribution is 6.32. The standard InChI is InChI=1S/C19H13N3O2/c20-12-16-17(21)15(11-13-7-3-1-4-8-13)18(23)22(19(16)24)14-9-5-2-6-10-14/h1-11H,21H2/b15-11+. The lowest BCUT2D eigenvalue weighted by atomic mass is 9.97. The quantitative estimate of drug-likeness (QED) is 0.681. The topological polar surface area (TPSA) is 87.2 Å². The van der Waals surface area contributed by atoms with Crippen LogP contribution in [0.4, 0.5) is 5.69 Å². The highest BCUT2D eigenvalue weighted by atomic mass is 16.2. The van der Waals surface area contributed by atoms with Gasteiger partial charge in [-0.3, -0.25) is 9.59 Å². The number of carbonyl (C=O) groups is 2. The van der Waals surface area contributed by atoms with E-state index >= 15 is 0 Å². The zero-order chi connectivity index (χ0) is 17.1. The third-order valence-electron chi connectivity index (χ3n) is 3.65. The monoisotopic (exact) mass is 315 g/mol. The van der Waals surface area contributed by atoms with Crippen molar-refractivity contribution >= 4 is 23.6 Å². The van der Waals surface area contributed by atoms with Crippen molar-refractivity contribution in [2.24, 2.45) is 5.73 Å². The Morgan fingerprint density at radius 2 is 1.50 bits per heavy atom. The molecule has 2 N–H and O–H groups in total. The molecule has 116 valence electrons. The van der Waals surface area contributed by atoms with Crippen LogP contribution in [0.2, 0.25) is 0 Å². The van der Waals surface area contributed by atoms with Gasteiger partial charge in [0.25, 0.3) is 11.8 Å². The molecule has 0 atom stereocenters. The van der Waals surface area contributed by atoms with Crippen LogP contribution in [0.1, 0.15) is 5.56 Å². The van der Waals surface area contributed by atoms with Crippen LogP contribution in [0.15, 0.2) is 77.5 Å². The number of carbonyl (C=O) groups excluding carboxylic acids is 2. The van der Waals surface area contributed by atoms with Crippen molar-refractivity contribution in [2.75, 3.05) is 4.90 Å². The Hall–Kier alpha value is -3.65. The summed E-state index contributed by atoms with van der Waals surface area (Å²) in [7, 11) is 0. The van der Waals surface area contributed by atoms with Crippen LogP contribution in [-0.2, 0) is 9.59 Å². The highest BCUT2D eigenvalue weighted by Gasteiger charge is 2.37. The van der Waals surface area contributed by atoms with Crippen molar-refractivity contribution in [3.63, 3.8) is 0 Å². The molecule has 5 heteroatoms. The lowest BCUT2D eigenvalue weighted by Crippen LogP contribution is -2.44. The number of hydrogen-bond donors (Lipinski definition) is 1. The van der Waals surface area contributed by atoms with Crippen molar-refractivity contribution in [1.29, 1.82) is 5.26 Å². The highest BCUT2D eigenvalue weighted by Crippen LogP contribution is 2.28. The molecule has 0 aromatic heterocycles. The summed E-state index contributed by atoms with van der Waals surface area (Å²) in [5, 5.41) is 9.29. The predicted molar refractivity (Wildman–Crippen MR) is 90.2 cm³/mol. The minimum Gasteiger partial charge on any atom is -0.397 e. The number of nitrogens with zero attached hydrogens (tertiary/aromatic N) is 2. The number of amides is 2. The van der Waals surface area contributed by atoms with Crippen molar-refractivity contribution in [3.05, 3.63) is 83.1 Å². The maximum atomic E-state index is 12.8. The normalized spacial score (nSPS) is 16.5. The van der Waals surface area contributed by atoms with Crippen LogP contribution < -0.4 is 10.6 Å². The van der Waals surface area contributed by atoms with E-state index in [2.05, 4.69) is 0 Å². The zero-order valence-corrected chi connectivity index (χ0v) is 12.6. The Kier molecular flexibility index (Phi) is 3.96. The van der Waals surface area contributed by atoms with Gasteiger partial charge in [-0.05, 0) is 23.8 Å². The summed E-state index contributed by atoms with van der Waals surface area (Å²) < 4.78 is 0. The Morgan fingerprint density at radius 3 is 2.08 bits per heavy atom. The Balaban J connectivity index is 2.17. The second-order valence-electron chi connectivity index (χ2n) is 5.15. The number of imide groups is 1. The van der Waals surface area contributed by atoms with E-state index in [1.54, 1.807) is 36.4 Å². The molecule has 3 rings (SSSR count). The molecule has 1 aliphatic rings. The van der Waals surface area contributed by atoms with Crippen molar-refractivity contribution in [1.82, 2.24) is 0 Å². The van der Waals surface area contributed by atoms with Gasteiger partial charge in [-0.1, -0.05) is 48.5 Å². The molecule has 0 saturated heterocycles. The van der Waals surface area contributed by atoms with E-state index in [9.17, 15) is 14.9 Å². The summed E-state index contributed by atoms with van der Waals surface area (Å²) in [6, 6.07) is 19.4. The number of para-hydroxylation sites is 1. The van der Waals surface area contributed by atoms with E-state index in [1.807, 2.05) is 36.4 Å². The average Bonchev–Trinajstić information content (AvgIpc) is 2.61. The molecule has 0 fully saturated rings. The Morgan fingerprint density at radius 1 is 0.917 bits per heavy atom. The smallest absolute Gasteiger partial charge is 0.278 e. The molecule has 1 heterocycles. The summed E-state index contributed by atoms with van der Waals surface area (Å²) in [5.41, 5.74) is 6.87. The molecule has 0 aliphatic carbocycles. The van der Waals surface area contributed by atoms with E-state index in [-0.39, 0.29) is 16.8 Å². The average molecular weight is 315 g/mol. The van der Waals surface area contributed by atoms with Gasteiger partial charge in [0.2, 0.25) is 0 Å². The molecule has 24 heavy (non-hydrogen) atoms. The molecule has 5 nitrogen and oxygen atoms in total. The number of hydrogen-bond acceptors (Lipinski definition) is 4. The van der Waals surface area contributed by atoms with Gasteiger partial charge in [-0.25, -0.2) is 4.90 Å². The molecular formula is C19H13N3O2. The Bertz CT molecular complexity index is 907. The first-order chi connectivity index (χ1) is 11.6. The summed E-state index contributed by atoms with van der Waals surface area (Å²) in [6.07, 6.45) is 1.58. The minimum absolute atomic E-state index is 0.0939. The second kappa shape index (κ2) is 6.23. The molecule has 2 aromatic carbocycles. The number of rotatable bonds is 2. The van der Waals surface area contributed by atoms with Gasteiger partial charge in [-0.2, -0.15) is 5.26 Å². The van der Waals surface area contributed by atoms with Gasteiger partial charge in [-0.15, -0.1) is 0 Å². The SMILES string of the molecule is N#CC1=C(N)/C(=C\c2ccccc2)C(=O)N(c2ccccc2)C1=O. The molecule has 0 spiro atoms. The molecule has 1 aliphatic heterocycles. The zero-order valence-electron chi connectivity index (χ0n) is 12.6. The molecule has 0 bridgehead atoms. The first kappa shape index (κ1) is 15.3. The van der Waals surface area contributed by atoms with Gasteiger partial charge < -0.3 is 5.73 Å². The maximum Gasteiger partial charge on any atom is 0.278 e. The van der Waals surface area contributed by atoms with Gasteiger partial charge in [0, 0.05) is 0 Å². The van der Waals surface area contributed by atoms with E-state index in [0.29, 0.717) is 5.69 Å². The van der Waals surface area contributed by atoms with Crippen molar-refractivity contribution in [3.8, 4) is 6.07 Å². The molecular weight excluding hydrogens is 302 g/mol. The number of nitrogens with two attached hydrogens (primary N) is 1. The molecule has 0 saturated carbocycles. The molecule has 2 amide bonds. The first-order valence-corrected chi connectivity index (χ1v) is 7.24. The van der Waals surface area contributed by atoms with Crippen LogP contribution in [0, 0.1) is 11.3 Å². The number of benzene rings is 2. The van der Waals surface area contributed by atoms with E-state index < -0.39 is 11.8 Å². The van der Waals surface area contributed by atoms with E-state index in [4.69, 9.17) is 5.73 Å². The van der Waals surface area contributed by atoms with Crippen LogP contribution in [0.3, 0.4) is 0 Å². The number of nitriles is 1. The van der Waals surface area contributed by atoms with Crippen LogP contribution in [0.5, 0.6) is 0 Å². The second-order valence-corrected chi connectivity index (χ2v) is 5.15. The third-order valence-corrected chi connectivity index (χ3v) is 3.65. The fourth-order valence-corrected chi connectivity index (χ4v) is 2.46.